The largest absolute Gasteiger partial charge is 0.394 e. The molecule has 1 aliphatic heterocycles. The number of nitro benzene ring substituents is 1. The van der Waals surface area contributed by atoms with E-state index in [2.05, 4.69) is 5.32 Å². The Labute approximate surface area is 163 Å². The molecular weight excluding hydrogens is 396 g/mol. The van der Waals surface area contributed by atoms with E-state index < -0.39 is 57.7 Å². The summed E-state index contributed by atoms with van der Waals surface area (Å²) in [5.74, 6) is 1.08. The lowest BCUT2D eigenvalue weighted by atomic mass is 9.97. The fraction of sp³-hybridized carbons (Fsp3) is 0.625. The Kier molecular flexibility index (Phi) is 8.19. The van der Waals surface area contributed by atoms with Crippen LogP contribution in [0.25, 0.3) is 0 Å². The van der Waals surface area contributed by atoms with Crippen LogP contribution in [-0.4, -0.2) is 74.1 Å². The number of aliphatic hydroxyl groups is 4. The Bertz CT molecular complexity index is 676. The summed E-state index contributed by atoms with van der Waals surface area (Å²) in [7, 11) is -0.471. The number of para-hydroxylation sites is 1. The number of ether oxygens (including phenoxy) is 1. The van der Waals surface area contributed by atoms with Crippen LogP contribution in [0.4, 0.5) is 5.69 Å². The first-order valence-corrected chi connectivity index (χ1v) is 10.9. The minimum absolute atomic E-state index is 0.0947. The van der Waals surface area contributed by atoms with Gasteiger partial charge >= 0.3 is 0 Å². The first kappa shape index (κ1) is 22.2. The highest BCUT2D eigenvalue weighted by atomic mass is 32.8. The van der Waals surface area contributed by atoms with Crippen molar-refractivity contribution in [2.75, 3.05) is 18.1 Å². The van der Waals surface area contributed by atoms with Crippen LogP contribution in [0.5, 0.6) is 0 Å². The molecule has 1 aliphatic rings. The summed E-state index contributed by atoms with van der Waals surface area (Å²) in [6, 6.07) is 5.58. The highest BCUT2D eigenvalue weighted by Gasteiger charge is 2.44. The van der Waals surface area contributed by atoms with Gasteiger partial charge in [-0.2, -0.15) is 0 Å². The lowest BCUT2D eigenvalue weighted by Gasteiger charge is -2.41. The molecule has 1 aromatic carbocycles. The second-order valence-corrected chi connectivity index (χ2v) is 9.38. The maximum atomic E-state index is 11.4. The average Bonchev–Trinajstić information content (AvgIpc) is 2.67. The molecule has 152 valence electrons. The topological polar surface area (TPSA) is 145 Å². The number of nitrogens with one attached hydrogen (secondary N) is 1. The molecule has 11 heteroatoms. The van der Waals surface area contributed by atoms with Crippen LogP contribution in [-0.2, 0) is 25.4 Å². The van der Waals surface area contributed by atoms with Crippen molar-refractivity contribution in [3.63, 3.8) is 0 Å². The number of nitro groups is 1. The maximum absolute atomic E-state index is 11.4. The van der Waals surface area contributed by atoms with Crippen LogP contribution >= 0.6 is 0 Å². The van der Waals surface area contributed by atoms with E-state index in [9.17, 15) is 30.5 Å². The highest BCUT2D eigenvalue weighted by Crippen LogP contribution is 2.28. The summed E-state index contributed by atoms with van der Waals surface area (Å²) in [4.78, 5) is 10.9. The van der Waals surface area contributed by atoms with E-state index in [0.29, 0.717) is 17.1 Å². The van der Waals surface area contributed by atoms with Crippen LogP contribution in [0.1, 0.15) is 18.5 Å². The van der Waals surface area contributed by atoms with Crippen molar-refractivity contribution >= 4 is 26.3 Å². The van der Waals surface area contributed by atoms with Gasteiger partial charge in [-0.3, -0.25) is 15.4 Å². The van der Waals surface area contributed by atoms with Gasteiger partial charge in [0.05, 0.1) is 17.6 Å². The van der Waals surface area contributed by atoms with Gasteiger partial charge in [-0.15, -0.1) is 9.45 Å². The fourth-order valence-electron chi connectivity index (χ4n) is 2.92. The predicted molar refractivity (Wildman–Crippen MR) is 103 cm³/mol. The Hall–Kier alpha value is -1.05. The summed E-state index contributed by atoms with van der Waals surface area (Å²) in [5.41, 5.74) is 0.290. The van der Waals surface area contributed by atoms with Gasteiger partial charge in [0.15, 0.2) is 0 Å². The molecule has 9 nitrogen and oxygen atoms in total. The summed E-state index contributed by atoms with van der Waals surface area (Å²) >= 11 is 5.39. The molecule has 27 heavy (non-hydrogen) atoms. The van der Waals surface area contributed by atoms with Crippen LogP contribution < -0.4 is 5.32 Å². The molecule has 0 saturated carbocycles. The SMILES string of the molecule is CCS(=S)CC(N[C@@H]1OC(CO)[C@@H](O)[C@H](O)C1O)c1ccccc1[N+](=O)[O-]. The minimum Gasteiger partial charge on any atom is -0.394 e. The highest BCUT2D eigenvalue weighted by molar-refractivity contribution is 8.28. The Morgan fingerprint density at radius 3 is 2.56 bits per heavy atom. The molecule has 1 saturated heterocycles. The normalized spacial score (nSPS) is 30.6. The smallest absolute Gasteiger partial charge is 0.274 e. The third-order valence-electron chi connectivity index (χ3n) is 4.44. The molecule has 0 bridgehead atoms. The van der Waals surface area contributed by atoms with Crippen molar-refractivity contribution in [3.8, 4) is 0 Å². The van der Waals surface area contributed by atoms with Crippen LogP contribution in [0.2, 0.25) is 0 Å². The van der Waals surface area contributed by atoms with Gasteiger partial charge in [-0.25, -0.2) is 0 Å². The molecule has 1 heterocycles. The van der Waals surface area contributed by atoms with Crippen LogP contribution in [0, 0.1) is 10.1 Å². The van der Waals surface area contributed by atoms with Crippen molar-refractivity contribution in [3.05, 3.63) is 39.9 Å². The van der Waals surface area contributed by atoms with E-state index in [1.807, 2.05) is 6.92 Å². The van der Waals surface area contributed by atoms with Crippen molar-refractivity contribution in [1.82, 2.24) is 5.32 Å². The maximum Gasteiger partial charge on any atom is 0.274 e. The zero-order chi connectivity index (χ0) is 20.1. The van der Waals surface area contributed by atoms with E-state index in [1.54, 1.807) is 18.2 Å². The number of benzene rings is 1. The summed E-state index contributed by atoms with van der Waals surface area (Å²) in [5, 5.41) is 53.8. The van der Waals surface area contributed by atoms with Crippen molar-refractivity contribution < 1.29 is 30.1 Å². The van der Waals surface area contributed by atoms with Crippen LogP contribution in [0.3, 0.4) is 0 Å². The van der Waals surface area contributed by atoms with Crippen molar-refractivity contribution in [1.29, 1.82) is 0 Å². The lowest BCUT2D eigenvalue weighted by Crippen LogP contribution is -2.63. The minimum atomic E-state index is -1.53. The second kappa shape index (κ2) is 9.94. The summed E-state index contributed by atoms with van der Waals surface area (Å²) in [6.45, 7) is 1.36. The standard InChI is InChI=1S/C16H24N2O7S2/c1-2-27(26)8-10(9-5-3-4-6-11(9)18(23)24)17-16-15(22)14(21)13(20)12(7-19)25-16/h3-6,10,12-17,19-22H,2,7-8H2,1H3/t10?,12?,13-,14+,15?,16-,27?/m1/s1. The van der Waals surface area contributed by atoms with Gasteiger partial charge in [0.1, 0.15) is 30.6 Å². The molecule has 2 rings (SSSR count). The van der Waals surface area contributed by atoms with Crippen molar-refractivity contribution in [2.45, 2.75) is 43.6 Å². The van der Waals surface area contributed by atoms with E-state index in [-0.39, 0.29) is 5.69 Å². The van der Waals surface area contributed by atoms with Gasteiger partial charge in [-0.05, 0) is 5.75 Å². The zero-order valence-corrected chi connectivity index (χ0v) is 16.3. The molecule has 0 radical (unpaired) electrons. The summed E-state index contributed by atoms with van der Waals surface area (Å²) in [6.07, 6.45) is -6.71. The Balaban J connectivity index is 2.32. The number of hydrogen-bond donors (Lipinski definition) is 5. The number of aliphatic hydroxyl groups excluding tert-OH is 4. The molecule has 0 aromatic heterocycles. The molecule has 7 atom stereocenters. The Morgan fingerprint density at radius 2 is 1.96 bits per heavy atom. The van der Waals surface area contributed by atoms with E-state index in [1.165, 1.54) is 6.07 Å². The summed E-state index contributed by atoms with van der Waals surface area (Å²) < 4.78 is 5.48. The van der Waals surface area contributed by atoms with Crippen LogP contribution in [0.15, 0.2) is 24.3 Å². The second-order valence-electron chi connectivity index (χ2n) is 6.18. The van der Waals surface area contributed by atoms with Gasteiger partial charge in [0.25, 0.3) is 5.69 Å². The molecule has 0 amide bonds. The average molecular weight is 421 g/mol. The molecule has 4 unspecified atom stereocenters. The molecule has 0 spiro atoms. The molecule has 0 aliphatic carbocycles. The van der Waals surface area contributed by atoms with Gasteiger partial charge in [0.2, 0.25) is 0 Å². The fourth-order valence-corrected chi connectivity index (χ4v) is 4.21. The van der Waals surface area contributed by atoms with E-state index in [0.717, 1.165) is 0 Å². The molecule has 1 aromatic rings. The van der Waals surface area contributed by atoms with Gasteiger partial charge < -0.3 is 25.2 Å². The first-order chi connectivity index (χ1) is 12.8. The monoisotopic (exact) mass is 420 g/mol. The third kappa shape index (κ3) is 5.27. The number of rotatable bonds is 8. The van der Waals surface area contributed by atoms with Gasteiger partial charge in [0, 0.05) is 17.4 Å². The van der Waals surface area contributed by atoms with Crippen molar-refractivity contribution in [2.24, 2.45) is 0 Å². The molecular formula is C16H24N2O7S2. The zero-order valence-electron chi connectivity index (χ0n) is 14.7. The van der Waals surface area contributed by atoms with E-state index in [4.69, 9.17) is 15.9 Å². The Morgan fingerprint density at radius 1 is 1.30 bits per heavy atom. The number of hydrogen-bond acceptors (Lipinski definition) is 9. The van der Waals surface area contributed by atoms with E-state index >= 15 is 0 Å². The quantitative estimate of drug-likeness (QED) is 0.267. The lowest BCUT2D eigenvalue weighted by molar-refractivity contribution is -0.385. The predicted octanol–water partition coefficient (Wildman–Crippen LogP) is -0.874. The number of nitrogens with zero attached hydrogens (tertiary/aromatic N) is 1. The molecule has 1 fully saturated rings. The third-order valence-corrected chi connectivity index (χ3v) is 6.91. The first-order valence-electron chi connectivity index (χ1n) is 8.45. The van der Waals surface area contributed by atoms with Gasteiger partial charge in [-0.1, -0.05) is 36.3 Å². The molecule has 5 N–H and O–H groups in total.